The molecule has 1 fully saturated rings. The first-order valence-electron chi connectivity index (χ1n) is 5.67. The van der Waals surface area contributed by atoms with Crippen LogP contribution >= 0.6 is 0 Å². The Morgan fingerprint density at radius 2 is 2.21 bits per heavy atom. The first-order chi connectivity index (χ1) is 6.72. The maximum absolute atomic E-state index is 11.5. The van der Waals surface area contributed by atoms with Crippen LogP contribution in [0.1, 0.15) is 33.1 Å². The highest BCUT2D eigenvalue weighted by atomic mass is 16.2. The van der Waals surface area contributed by atoms with Gasteiger partial charge in [0.05, 0.1) is 0 Å². The topological polar surface area (TPSA) is 32.3 Å². The highest BCUT2D eigenvalue weighted by molar-refractivity contribution is 5.75. The summed E-state index contributed by atoms with van der Waals surface area (Å²) in [7, 11) is 2.02. The molecule has 3 heteroatoms. The molecule has 1 N–H and O–H groups in total. The van der Waals surface area contributed by atoms with Crippen LogP contribution in [0.25, 0.3) is 0 Å². The summed E-state index contributed by atoms with van der Waals surface area (Å²) >= 11 is 0. The first-order valence-corrected chi connectivity index (χ1v) is 5.67. The fraction of sp³-hybridized carbons (Fsp3) is 0.909. The Balaban J connectivity index is 2.52. The minimum atomic E-state index is 0.304. The molecule has 0 radical (unpaired) electrons. The van der Waals surface area contributed by atoms with Crippen LogP contribution in [0.3, 0.4) is 0 Å². The minimum absolute atomic E-state index is 0.304. The predicted octanol–water partition coefficient (Wildman–Crippen LogP) is 1.24. The summed E-state index contributed by atoms with van der Waals surface area (Å²) in [6.07, 6.45) is 2.89. The molecule has 14 heavy (non-hydrogen) atoms. The second-order valence-corrected chi connectivity index (χ2v) is 4.05. The van der Waals surface area contributed by atoms with Gasteiger partial charge in [0.15, 0.2) is 0 Å². The minimum Gasteiger partial charge on any atom is -0.342 e. The van der Waals surface area contributed by atoms with Gasteiger partial charge in [-0.2, -0.15) is 0 Å². The quantitative estimate of drug-likeness (QED) is 0.740. The van der Waals surface area contributed by atoms with Crippen molar-refractivity contribution in [1.82, 2.24) is 10.2 Å². The maximum Gasteiger partial charge on any atom is 0.222 e. The molecule has 1 rings (SSSR count). The lowest BCUT2D eigenvalue weighted by Gasteiger charge is -2.38. The molecule has 0 saturated carbocycles. The Kier molecular flexibility index (Phi) is 4.39. The van der Waals surface area contributed by atoms with Crippen molar-refractivity contribution in [1.29, 1.82) is 0 Å². The Morgan fingerprint density at radius 3 is 2.71 bits per heavy atom. The third-order valence-electron chi connectivity index (χ3n) is 3.28. The van der Waals surface area contributed by atoms with Gasteiger partial charge in [0.2, 0.25) is 5.91 Å². The predicted molar refractivity (Wildman–Crippen MR) is 58.1 cm³/mol. The molecular weight excluding hydrogens is 176 g/mol. The van der Waals surface area contributed by atoms with Crippen LogP contribution in [-0.2, 0) is 4.79 Å². The Bertz CT molecular complexity index is 194. The monoisotopic (exact) mass is 198 g/mol. The molecule has 2 atom stereocenters. The molecule has 1 amide bonds. The van der Waals surface area contributed by atoms with E-state index in [1.54, 1.807) is 0 Å². The summed E-state index contributed by atoms with van der Waals surface area (Å²) in [5.74, 6) is 0.933. The fourth-order valence-electron chi connectivity index (χ4n) is 2.28. The molecule has 0 aromatic heterocycles. The summed E-state index contributed by atoms with van der Waals surface area (Å²) in [4.78, 5) is 13.5. The zero-order valence-corrected chi connectivity index (χ0v) is 9.55. The number of likely N-dealkylation sites (tertiary alicyclic amines) is 1. The first kappa shape index (κ1) is 11.5. The number of rotatable bonds is 3. The van der Waals surface area contributed by atoms with E-state index >= 15 is 0 Å². The van der Waals surface area contributed by atoms with Crippen molar-refractivity contribution in [3.8, 4) is 0 Å². The molecule has 3 nitrogen and oxygen atoms in total. The van der Waals surface area contributed by atoms with Crippen LogP contribution in [0.15, 0.2) is 0 Å². The second-order valence-electron chi connectivity index (χ2n) is 4.05. The summed E-state index contributed by atoms with van der Waals surface area (Å²) in [5, 5.41) is 3.34. The number of carbonyl (C=O) groups excluding carboxylic acids is 1. The molecule has 1 aliphatic heterocycles. The molecule has 0 aromatic rings. The van der Waals surface area contributed by atoms with Gasteiger partial charge in [-0.05, 0) is 19.4 Å². The Morgan fingerprint density at radius 1 is 1.50 bits per heavy atom. The SMILES string of the molecule is CCC(=O)N1CCC(NC)C(CC)C1. The van der Waals surface area contributed by atoms with Crippen molar-refractivity contribution in [2.75, 3.05) is 20.1 Å². The van der Waals surface area contributed by atoms with Crippen LogP contribution in [0.2, 0.25) is 0 Å². The van der Waals surface area contributed by atoms with Gasteiger partial charge in [0.1, 0.15) is 0 Å². The summed E-state index contributed by atoms with van der Waals surface area (Å²) in [6.45, 7) is 6.01. The van der Waals surface area contributed by atoms with E-state index in [2.05, 4.69) is 12.2 Å². The molecule has 0 bridgehead atoms. The maximum atomic E-state index is 11.5. The van der Waals surface area contributed by atoms with E-state index in [0.717, 1.165) is 25.9 Å². The van der Waals surface area contributed by atoms with Gasteiger partial charge in [-0.25, -0.2) is 0 Å². The zero-order chi connectivity index (χ0) is 10.6. The number of piperidine rings is 1. The summed E-state index contributed by atoms with van der Waals surface area (Å²) < 4.78 is 0. The Hall–Kier alpha value is -0.570. The van der Waals surface area contributed by atoms with Crippen molar-refractivity contribution in [3.63, 3.8) is 0 Å². The lowest BCUT2D eigenvalue weighted by Crippen LogP contribution is -2.49. The van der Waals surface area contributed by atoms with Crippen molar-refractivity contribution in [2.45, 2.75) is 39.2 Å². The highest BCUT2D eigenvalue weighted by Crippen LogP contribution is 2.20. The van der Waals surface area contributed by atoms with Gasteiger partial charge in [0.25, 0.3) is 0 Å². The number of nitrogens with one attached hydrogen (secondary N) is 1. The van der Waals surface area contributed by atoms with Crippen LogP contribution < -0.4 is 5.32 Å². The molecule has 2 unspecified atom stereocenters. The third kappa shape index (κ3) is 2.47. The second kappa shape index (κ2) is 5.35. The van der Waals surface area contributed by atoms with Gasteiger partial charge >= 0.3 is 0 Å². The molecule has 0 aromatic carbocycles. The van der Waals surface area contributed by atoms with E-state index in [0.29, 0.717) is 24.3 Å². The number of nitrogens with zero attached hydrogens (tertiary/aromatic N) is 1. The van der Waals surface area contributed by atoms with Gasteiger partial charge in [-0.3, -0.25) is 4.79 Å². The van der Waals surface area contributed by atoms with Gasteiger partial charge in [-0.1, -0.05) is 20.3 Å². The van der Waals surface area contributed by atoms with Crippen molar-refractivity contribution < 1.29 is 4.79 Å². The van der Waals surface area contributed by atoms with Gasteiger partial charge in [0, 0.05) is 25.6 Å². The lowest BCUT2D eigenvalue weighted by molar-refractivity contribution is -0.133. The normalized spacial score (nSPS) is 27.8. The number of hydrogen-bond donors (Lipinski definition) is 1. The zero-order valence-electron chi connectivity index (χ0n) is 9.55. The van der Waals surface area contributed by atoms with Crippen LogP contribution in [-0.4, -0.2) is 37.0 Å². The van der Waals surface area contributed by atoms with Crippen LogP contribution in [0, 0.1) is 5.92 Å². The number of hydrogen-bond acceptors (Lipinski definition) is 2. The molecule has 1 aliphatic rings. The van der Waals surface area contributed by atoms with E-state index in [4.69, 9.17) is 0 Å². The van der Waals surface area contributed by atoms with E-state index in [1.807, 2.05) is 18.9 Å². The molecule has 0 spiro atoms. The summed E-state index contributed by atoms with van der Waals surface area (Å²) in [5.41, 5.74) is 0. The third-order valence-corrected chi connectivity index (χ3v) is 3.28. The average Bonchev–Trinajstić information content (AvgIpc) is 2.26. The van der Waals surface area contributed by atoms with E-state index in [-0.39, 0.29) is 0 Å². The van der Waals surface area contributed by atoms with E-state index in [9.17, 15) is 4.79 Å². The Labute approximate surface area is 86.9 Å². The summed E-state index contributed by atoms with van der Waals surface area (Å²) in [6, 6.07) is 0.598. The molecule has 1 saturated heterocycles. The number of carbonyl (C=O) groups is 1. The van der Waals surface area contributed by atoms with Crippen molar-refractivity contribution in [2.24, 2.45) is 5.92 Å². The largest absolute Gasteiger partial charge is 0.342 e. The van der Waals surface area contributed by atoms with Crippen molar-refractivity contribution >= 4 is 5.91 Å². The molecular formula is C11H22N2O. The smallest absolute Gasteiger partial charge is 0.222 e. The highest BCUT2D eigenvalue weighted by Gasteiger charge is 2.28. The number of amides is 1. The van der Waals surface area contributed by atoms with Gasteiger partial charge < -0.3 is 10.2 Å². The van der Waals surface area contributed by atoms with Crippen molar-refractivity contribution in [3.05, 3.63) is 0 Å². The van der Waals surface area contributed by atoms with Crippen LogP contribution in [0.5, 0.6) is 0 Å². The van der Waals surface area contributed by atoms with Gasteiger partial charge in [-0.15, -0.1) is 0 Å². The molecule has 1 heterocycles. The lowest BCUT2D eigenvalue weighted by atomic mass is 9.90. The average molecular weight is 198 g/mol. The molecule has 82 valence electrons. The van der Waals surface area contributed by atoms with Crippen LogP contribution in [0.4, 0.5) is 0 Å². The standard InChI is InChI=1S/C11H22N2O/c1-4-9-8-13(11(14)5-2)7-6-10(9)12-3/h9-10,12H,4-8H2,1-3H3. The van der Waals surface area contributed by atoms with E-state index in [1.165, 1.54) is 0 Å². The fourth-order valence-corrected chi connectivity index (χ4v) is 2.28. The molecule has 0 aliphatic carbocycles. The van der Waals surface area contributed by atoms with E-state index < -0.39 is 0 Å².